The summed E-state index contributed by atoms with van der Waals surface area (Å²) in [7, 11) is 0. The largest absolute Gasteiger partial charge is 0.350 e. The Kier molecular flexibility index (Phi) is 2.71. The maximum atomic E-state index is 11.9. The molecule has 0 aliphatic carbocycles. The molecule has 0 fully saturated rings. The maximum Gasteiger partial charge on any atom is 0.237 e. The Hall–Kier alpha value is -1.36. The molecular formula is C11H18N4O. The molecule has 0 saturated carbocycles. The fourth-order valence-electron chi connectivity index (χ4n) is 1.81. The number of carbonyl (C=O) groups is 1. The third kappa shape index (κ3) is 2.41. The molecule has 3 N–H and O–H groups in total. The minimum absolute atomic E-state index is 0.0427. The molecule has 1 aliphatic heterocycles. The number of nitrogens with one attached hydrogen (secondary N) is 3. The first kappa shape index (κ1) is 11.1. The second kappa shape index (κ2) is 3.90. The fraction of sp³-hybridized carbons (Fsp3) is 0.636. The molecule has 0 aromatic carbocycles. The van der Waals surface area contributed by atoms with Crippen LogP contribution in [0, 0.1) is 0 Å². The van der Waals surface area contributed by atoms with Crippen LogP contribution < -0.4 is 10.6 Å². The Labute approximate surface area is 95.0 Å². The van der Waals surface area contributed by atoms with Gasteiger partial charge >= 0.3 is 0 Å². The first-order valence-corrected chi connectivity index (χ1v) is 5.52. The lowest BCUT2D eigenvalue weighted by Crippen LogP contribution is -2.52. The van der Waals surface area contributed by atoms with Crippen molar-refractivity contribution in [3.8, 4) is 0 Å². The molecule has 5 heteroatoms. The quantitative estimate of drug-likeness (QED) is 0.641. The third-order valence-electron chi connectivity index (χ3n) is 2.54. The molecule has 0 saturated heterocycles. The molecule has 1 aliphatic rings. The number of carbonyl (C=O) groups excluding carboxylic acids is 1. The Morgan fingerprint density at radius 1 is 1.56 bits per heavy atom. The maximum absolute atomic E-state index is 11.9. The van der Waals surface area contributed by atoms with E-state index in [1.807, 2.05) is 20.8 Å². The molecule has 16 heavy (non-hydrogen) atoms. The summed E-state index contributed by atoms with van der Waals surface area (Å²) >= 11 is 0. The molecule has 0 bridgehead atoms. The van der Waals surface area contributed by atoms with Crippen molar-refractivity contribution in [1.29, 1.82) is 0 Å². The second-order valence-corrected chi connectivity index (χ2v) is 5.20. The van der Waals surface area contributed by atoms with Crippen LogP contribution >= 0.6 is 0 Å². The van der Waals surface area contributed by atoms with Crippen molar-refractivity contribution in [1.82, 2.24) is 20.6 Å². The van der Waals surface area contributed by atoms with Crippen LogP contribution in [0.15, 0.2) is 6.33 Å². The summed E-state index contributed by atoms with van der Waals surface area (Å²) in [4.78, 5) is 19.2. The number of imidazole rings is 1. The highest BCUT2D eigenvalue weighted by Crippen LogP contribution is 2.12. The van der Waals surface area contributed by atoms with E-state index in [2.05, 4.69) is 20.6 Å². The van der Waals surface area contributed by atoms with E-state index in [9.17, 15) is 4.79 Å². The Balaban J connectivity index is 2.01. The number of rotatable bonds is 1. The molecule has 1 amide bonds. The van der Waals surface area contributed by atoms with Crippen LogP contribution in [-0.4, -0.2) is 27.5 Å². The number of aromatic amines is 1. The van der Waals surface area contributed by atoms with E-state index in [0.717, 1.165) is 11.4 Å². The Morgan fingerprint density at radius 3 is 3.00 bits per heavy atom. The summed E-state index contributed by atoms with van der Waals surface area (Å²) in [6.07, 6.45) is 2.33. The van der Waals surface area contributed by atoms with Gasteiger partial charge < -0.3 is 10.3 Å². The van der Waals surface area contributed by atoms with Crippen LogP contribution in [0.1, 0.15) is 32.2 Å². The molecule has 5 nitrogen and oxygen atoms in total. The minimum Gasteiger partial charge on any atom is -0.350 e. The number of H-pyrrole nitrogens is 1. The molecule has 88 valence electrons. The molecule has 1 aromatic rings. The van der Waals surface area contributed by atoms with E-state index in [1.165, 1.54) is 0 Å². The van der Waals surface area contributed by atoms with Crippen molar-refractivity contribution in [2.75, 3.05) is 0 Å². The van der Waals surface area contributed by atoms with Gasteiger partial charge in [-0.05, 0) is 20.8 Å². The lowest BCUT2D eigenvalue weighted by Gasteiger charge is -2.27. The van der Waals surface area contributed by atoms with Crippen LogP contribution in [0.3, 0.4) is 0 Å². The van der Waals surface area contributed by atoms with Gasteiger partial charge in [0.25, 0.3) is 0 Å². The van der Waals surface area contributed by atoms with Gasteiger partial charge in [0.15, 0.2) is 0 Å². The van der Waals surface area contributed by atoms with Gasteiger partial charge in [-0.3, -0.25) is 10.1 Å². The lowest BCUT2D eigenvalue weighted by atomic mass is 10.0. The lowest BCUT2D eigenvalue weighted by molar-refractivity contribution is -0.124. The molecular weight excluding hydrogens is 204 g/mol. The van der Waals surface area contributed by atoms with Crippen molar-refractivity contribution in [2.24, 2.45) is 0 Å². The van der Waals surface area contributed by atoms with Gasteiger partial charge in [0.05, 0.1) is 23.8 Å². The van der Waals surface area contributed by atoms with E-state index in [1.54, 1.807) is 6.33 Å². The number of hydrogen-bond donors (Lipinski definition) is 3. The molecule has 0 spiro atoms. The van der Waals surface area contributed by atoms with Crippen LogP contribution in [0.4, 0.5) is 0 Å². The van der Waals surface area contributed by atoms with Crippen LogP contribution in [-0.2, 0) is 17.8 Å². The molecule has 1 aromatic heterocycles. The highest BCUT2D eigenvalue weighted by atomic mass is 16.2. The number of hydrogen-bond acceptors (Lipinski definition) is 3. The SMILES string of the molecule is CC(C)(C)NC(=O)C1Cc2nc[nH]c2CN1. The van der Waals surface area contributed by atoms with Crippen LogP contribution in [0.5, 0.6) is 0 Å². The van der Waals surface area contributed by atoms with Gasteiger partial charge in [-0.1, -0.05) is 0 Å². The summed E-state index contributed by atoms with van der Waals surface area (Å²) < 4.78 is 0. The van der Waals surface area contributed by atoms with Crippen molar-refractivity contribution >= 4 is 5.91 Å². The standard InChI is InChI=1S/C11H18N4O/c1-11(2,3)15-10(16)8-4-7-9(5-12-8)14-6-13-7/h6,8,12H,4-5H2,1-3H3,(H,13,14)(H,15,16). The third-order valence-corrected chi connectivity index (χ3v) is 2.54. The summed E-state index contributed by atoms with van der Waals surface area (Å²) in [6, 6.07) is -0.171. The second-order valence-electron chi connectivity index (χ2n) is 5.20. The topological polar surface area (TPSA) is 69.8 Å². The first-order chi connectivity index (χ1) is 7.46. The van der Waals surface area contributed by atoms with Gasteiger partial charge in [0.2, 0.25) is 5.91 Å². The zero-order valence-corrected chi connectivity index (χ0v) is 9.92. The van der Waals surface area contributed by atoms with Crippen LogP contribution in [0.25, 0.3) is 0 Å². The molecule has 2 rings (SSSR count). The molecule has 1 unspecified atom stereocenters. The zero-order chi connectivity index (χ0) is 11.8. The van der Waals surface area contributed by atoms with Crippen molar-refractivity contribution in [3.05, 3.63) is 17.7 Å². The predicted molar refractivity (Wildman–Crippen MR) is 60.8 cm³/mol. The number of fused-ring (bicyclic) bond motifs is 1. The van der Waals surface area contributed by atoms with E-state index in [0.29, 0.717) is 13.0 Å². The number of amides is 1. The first-order valence-electron chi connectivity index (χ1n) is 5.52. The van der Waals surface area contributed by atoms with E-state index in [-0.39, 0.29) is 17.5 Å². The van der Waals surface area contributed by atoms with E-state index >= 15 is 0 Å². The van der Waals surface area contributed by atoms with Crippen LogP contribution in [0.2, 0.25) is 0 Å². The van der Waals surface area contributed by atoms with Gasteiger partial charge in [0, 0.05) is 18.5 Å². The van der Waals surface area contributed by atoms with Crippen molar-refractivity contribution in [3.63, 3.8) is 0 Å². The molecule has 2 heterocycles. The van der Waals surface area contributed by atoms with Gasteiger partial charge in [0.1, 0.15) is 0 Å². The van der Waals surface area contributed by atoms with Crippen molar-refractivity contribution in [2.45, 2.75) is 45.3 Å². The Bertz CT molecular complexity index is 391. The van der Waals surface area contributed by atoms with Gasteiger partial charge in [-0.2, -0.15) is 0 Å². The van der Waals surface area contributed by atoms with Crippen molar-refractivity contribution < 1.29 is 4.79 Å². The smallest absolute Gasteiger partial charge is 0.237 e. The normalized spacial score (nSPS) is 20.3. The van der Waals surface area contributed by atoms with Gasteiger partial charge in [-0.15, -0.1) is 0 Å². The van der Waals surface area contributed by atoms with E-state index in [4.69, 9.17) is 0 Å². The molecule has 0 radical (unpaired) electrons. The average molecular weight is 222 g/mol. The molecule has 1 atom stereocenters. The highest BCUT2D eigenvalue weighted by Gasteiger charge is 2.27. The summed E-state index contributed by atoms with van der Waals surface area (Å²) in [5, 5.41) is 6.17. The summed E-state index contributed by atoms with van der Waals surface area (Å²) in [5.74, 6) is 0.0427. The zero-order valence-electron chi connectivity index (χ0n) is 9.92. The summed E-state index contributed by atoms with van der Waals surface area (Å²) in [5.41, 5.74) is 1.89. The monoisotopic (exact) mass is 222 g/mol. The van der Waals surface area contributed by atoms with E-state index < -0.39 is 0 Å². The number of nitrogens with zero attached hydrogens (tertiary/aromatic N) is 1. The summed E-state index contributed by atoms with van der Waals surface area (Å²) in [6.45, 7) is 6.62. The predicted octanol–water partition coefficient (Wildman–Crippen LogP) is 0.339. The Morgan fingerprint density at radius 2 is 2.31 bits per heavy atom. The highest BCUT2D eigenvalue weighted by molar-refractivity contribution is 5.82. The number of aromatic nitrogens is 2. The average Bonchev–Trinajstić information content (AvgIpc) is 2.61. The minimum atomic E-state index is -0.190. The fourth-order valence-corrected chi connectivity index (χ4v) is 1.81. The van der Waals surface area contributed by atoms with Gasteiger partial charge in [-0.25, -0.2) is 4.98 Å².